The molecule has 0 spiro atoms. The third-order valence-corrected chi connectivity index (χ3v) is 2.90. The number of ether oxygens (including phenoxy) is 1. The van der Waals surface area contributed by atoms with Crippen LogP contribution in [-0.4, -0.2) is 13.1 Å². The van der Waals surface area contributed by atoms with Crippen molar-refractivity contribution in [3.8, 4) is 0 Å². The second kappa shape index (κ2) is 13.3. The van der Waals surface area contributed by atoms with E-state index in [-0.39, 0.29) is 5.97 Å². The molecule has 0 bridgehead atoms. The van der Waals surface area contributed by atoms with Gasteiger partial charge in [0.1, 0.15) is 0 Å². The Morgan fingerprint density at radius 3 is 2.12 bits per heavy atom. The van der Waals surface area contributed by atoms with Crippen molar-refractivity contribution in [1.82, 2.24) is 0 Å². The number of allylic oxidation sites excluding steroid dienone is 1. The van der Waals surface area contributed by atoms with Crippen molar-refractivity contribution in [2.45, 2.75) is 71.1 Å². The highest BCUT2D eigenvalue weighted by atomic mass is 16.5. The van der Waals surface area contributed by atoms with E-state index in [1.54, 1.807) is 0 Å². The van der Waals surface area contributed by atoms with Crippen LogP contribution in [0.25, 0.3) is 0 Å². The van der Waals surface area contributed by atoms with Gasteiger partial charge in [-0.25, -0.2) is 0 Å². The predicted octanol–water partition coefficient (Wildman–Crippen LogP) is 4.64. The molecule has 100 valence electrons. The molecule has 0 atom stereocenters. The number of esters is 1. The van der Waals surface area contributed by atoms with Crippen molar-refractivity contribution >= 4 is 5.97 Å². The van der Waals surface area contributed by atoms with Crippen molar-refractivity contribution in [2.24, 2.45) is 0 Å². The number of methoxy groups -OCH3 is 1. The SMILES string of the molecule is CCCCCCCCCC/C=C\CC(=O)OC. The van der Waals surface area contributed by atoms with Gasteiger partial charge in [0, 0.05) is 0 Å². The van der Waals surface area contributed by atoms with Gasteiger partial charge in [0.25, 0.3) is 0 Å². The molecule has 0 heterocycles. The number of carbonyl (C=O) groups excluding carboxylic acids is 1. The summed E-state index contributed by atoms with van der Waals surface area (Å²) in [6.45, 7) is 2.25. The molecule has 0 aliphatic carbocycles. The maximum Gasteiger partial charge on any atom is 0.309 e. The molecule has 0 saturated heterocycles. The molecular formula is C15H28O2. The van der Waals surface area contributed by atoms with E-state index in [1.165, 1.54) is 58.5 Å². The van der Waals surface area contributed by atoms with Crippen LogP contribution in [0.1, 0.15) is 71.1 Å². The van der Waals surface area contributed by atoms with Crippen LogP contribution in [0, 0.1) is 0 Å². The van der Waals surface area contributed by atoms with E-state index in [9.17, 15) is 4.79 Å². The monoisotopic (exact) mass is 240 g/mol. The smallest absolute Gasteiger partial charge is 0.309 e. The zero-order chi connectivity index (χ0) is 12.8. The molecular weight excluding hydrogens is 212 g/mol. The minimum absolute atomic E-state index is 0.155. The molecule has 0 aromatic carbocycles. The van der Waals surface area contributed by atoms with Crippen molar-refractivity contribution in [2.75, 3.05) is 7.11 Å². The number of carbonyl (C=O) groups is 1. The Hall–Kier alpha value is -0.790. The van der Waals surface area contributed by atoms with Crippen LogP contribution in [0.3, 0.4) is 0 Å². The molecule has 0 rings (SSSR count). The van der Waals surface area contributed by atoms with Crippen LogP contribution in [0.15, 0.2) is 12.2 Å². The van der Waals surface area contributed by atoms with Crippen LogP contribution < -0.4 is 0 Å². The topological polar surface area (TPSA) is 26.3 Å². The lowest BCUT2D eigenvalue weighted by Crippen LogP contribution is -1.96. The first kappa shape index (κ1) is 16.2. The fourth-order valence-electron chi connectivity index (χ4n) is 1.78. The Labute approximate surface area is 106 Å². The first-order valence-electron chi connectivity index (χ1n) is 7.03. The summed E-state index contributed by atoms with van der Waals surface area (Å²) in [5.41, 5.74) is 0. The zero-order valence-electron chi connectivity index (χ0n) is 11.5. The van der Waals surface area contributed by atoms with Crippen molar-refractivity contribution in [3.63, 3.8) is 0 Å². The summed E-state index contributed by atoms with van der Waals surface area (Å²) in [4.78, 5) is 10.8. The second-order valence-corrected chi connectivity index (χ2v) is 4.52. The third kappa shape index (κ3) is 13.1. The van der Waals surface area contributed by atoms with E-state index in [1.807, 2.05) is 6.08 Å². The maximum absolute atomic E-state index is 10.8. The van der Waals surface area contributed by atoms with Crippen LogP contribution in [0.2, 0.25) is 0 Å². The number of rotatable bonds is 11. The number of hydrogen-bond acceptors (Lipinski definition) is 2. The number of unbranched alkanes of at least 4 members (excludes halogenated alkanes) is 8. The average Bonchev–Trinajstić information content (AvgIpc) is 2.35. The molecule has 0 radical (unpaired) electrons. The van der Waals surface area contributed by atoms with Crippen molar-refractivity contribution < 1.29 is 9.53 Å². The standard InChI is InChI=1S/C15H28O2/c1-3-4-5-6-7-8-9-10-11-12-13-14-15(16)17-2/h12-13H,3-11,14H2,1-2H3/b13-12-. The molecule has 0 fully saturated rings. The highest BCUT2D eigenvalue weighted by molar-refractivity contribution is 5.70. The molecule has 17 heavy (non-hydrogen) atoms. The summed E-state index contributed by atoms with van der Waals surface area (Å²) in [5.74, 6) is -0.155. The van der Waals surface area contributed by atoms with E-state index in [4.69, 9.17) is 0 Å². The Kier molecular flexibility index (Phi) is 12.7. The van der Waals surface area contributed by atoms with Crippen LogP contribution in [-0.2, 0) is 9.53 Å². The van der Waals surface area contributed by atoms with E-state index in [0.717, 1.165) is 6.42 Å². The quantitative estimate of drug-likeness (QED) is 0.299. The van der Waals surface area contributed by atoms with Gasteiger partial charge in [-0.3, -0.25) is 4.79 Å². The van der Waals surface area contributed by atoms with E-state index in [2.05, 4.69) is 17.7 Å². The van der Waals surface area contributed by atoms with Gasteiger partial charge in [-0.2, -0.15) is 0 Å². The summed E-state index contributed by atoms with van der Waals surface area (Å²) >= 11 is 0. The Morgan fingerprint density at radius 2 is 1.53 bits per heavy atom. The Morgan fingerprint density at radius 1 is 0.941 bits per heavy atom. The molecule has 0 unspecified atom stereocenters. The van der Waals surface area contributed by atoms with Gasteiger partial charge in [0.05, 0.1) is 13.5 Å². The third-order valence-electron chi connectivity index (χ3n) is 2.90. The van der Waals surface area contributed by atoms with Gasteiger partial charge >= 0.3 is 5.97 Å². The maximum atomic E-state index is 10.8. The summed E-state index contributed by atoms with van der Waals surface area (Å²) in [6.07, 6.45) is 16.3. The molecule has 0 N–H and O–H groups in total. The van der Waals surface area contributed by atoms with Crippen LogP contribution >= 0.6 is 0 Å². The van der Waals surface area contributed by atoms with Gasteiger partial charge in [-0.05, 0) is 12.8 Å². The van der Waals surface area contributed by atoms with E-state index < -0.39 is 0 Å². The summed E-state index contributed by atoms with van der Waals surface area (Å²) in [7, 11) is 1.43. The van der Waals surface area contributed by atoms with Crippen molar-refractivity contribution in [1.29, 1.82) is 0 Å². The van der Waals surface area contributed by atoms with Crippen LogP contribution in [0.5, 0.6) is 0 Å². The number of hydrogen-bond donors (Lipinski definition) is 0. The Bertz CT molecular complexity index is 197. The minimum Gasteiger partial charge on any atom is -0.469 e. The zero-order valence-corrected chi connectivity index (χ0v) is 11.5. The molecule has 0 aliphatic rings. The second-order valence-electron chi connectivity index (χ2n) is 4.52. The van der Waals surface area contributed by atoms with Gasteiger partial charge < -0.3 is 4.74 Å². The molecule has 0 saturated carbocycles. The normalized spacial score (nSPS) is 10.9. The lowest BCUT2D eigenvalue weighted by molar-refractivity contribution is -0.139. The predicted molar refractivity (Wildman–Crippen MR) is 73.0 cm³/mol. The van der Waals surface area contributed by atoms with Crippen LogP contribution in [0.4, 0.5) is 0 Å². The fourth-order valence-corrected chi connectivity index (χ4v) is 1.78. The molecule has 2 heteroatoms. The average molecular weight is 240 g/mol. The lowest BCUT2D eigenvalue weighted by atomic mass is 10.1. The first-order valence-corrected chi connectivity index (χ1v) is 7.03. The fraction of sp³-hybridized carbons (Fsp3) is 0.800. The molecule has 0 aromatic heterocycles. The minimum atomic E-state index is -0.155. The highest BCUT2D eigenvalue weighted by Gasteiger charge is 1.93. The van der Waals surface area contributed by atoms with E-state index >= 15 is 0 Å². The summed E-state index contributed by atoms with van der Waals surface area (Å²) < 4.78 is 4.55. The van der Waals surface area contributed by atoms with Gasteiger partial charge in [-0.15, -0.1) is 0 Å². The van der Waals surface area contributed by atoms with Gasteiger partial charge in [0.2, 0.25) is 0 Å². The largest absolute Gasteiger partial charge is 0.469 e. The first-order chi connectivity index (χ1) is 8.31. The van der Waals surface area contributed by atoms with Gasteiger partial charge in [0.15, 0.2) is 0 Å². The lowest BCUT2D eigenvalue weighted by Gasteiger charge is -1.99. The Balaban J connectivity index is 3.10. The molecule has 0 aliphatic heterocycles. The highest BCUT2D eigenvalue weighted by Crippen LogP contribution is 2.09. The molecule has 0 amide bonds. The van der Waals surface area contributed by atoms with Crippen molar-refractivity contribution in [3.05, 3.63) is 12.2 Å². The van der Waals surface area contributed by atoms with Gasteiger partial charge in [-0.1, -0.05) is 64.0 Å². The summed E-state index contributed by atoms with van der Waals surface area (Å²) in [6, 6.07) is 0. The summed E-state index contributed by atoms with van der Waals surface area (Å²) in [5, 5.41) is 0. The molecule has 2 nitrogen and oxygen atoms in total. The van der Waals surface area contributed by atoms with E-state index in [0.29, 0.717) is 6.42 Å². The molecule has 0 aromatic rings.